The SMILES string of the molecule is CC[C@H](C(=O)NC1CCCC1)N(Cc1cccc(C)c1)C(=O)CN(c1ccc(C(C)C)cc1)S(C)(=O)=O. The number of rotatable bonds is 11. The summed E-state index contributed by atoms with van der Waals surface area (Å²) in [5.41, 5.74) is 3.46. The molecular weight excluding hydrogens is 486 g/mol. The van der Waals surface area contributed by atoms with Gasteiger partial charge in [-0.25, -0.2) is 8.42 Å². The Labute approximate surface area is 222 Å². The van der Waals surface area contributed by atoms with Crippen LogP contribution < -0.4 is 9.62 Å². The molecule has 202 valence electrons. The van der Waals surface area contributed by atoms with Gasteiger partial charge in [0.1, 0.15) is 12.6 Å². The highest BCUT2D eigenvalue weighted by atomic mass is 32.2. The van der Waals surface area contributed by atoms with E-state index in [9.17, 15) is 18.0 Å². The van der Waals surface area contributed by atoms with Crippen molar-refractivity contribution < 1.29 is 18.0 Å². The zero-order valence-corrected chi connectivity index (χ0v) is 23.6. The zero-order chi connectivity index (χ0) is 27.2. The molecule has 1 aliphatic rings. The molecule has 7 nitrogen and oxygen atoms in total. The van der Waals surface area contributed by atoms with Crippen LogP contribution in [0.25, 0.3) is 0 Å². The lowest BCUT2D eigenvalue weighted by molar-refractivity contribution is -0.140. The van der Waals surface area contributed by atoms with E-state index in [1.165, 1.54) is 0 Å². The monoisotopic (exact) mass is 527 g/mol. The highest BCUT2D eigenvalue weighted by molar-refractivity contribution is 7.92. The lowest BCUT2D eigenvalue weighted by Gasteiger charge is -2.33. The van der Waals surface area contributed by atoms with E-state index in [4.69, 9.17) is 0 Å². The Kier molecular flexibility index (Phi) is 9.76. The topological polar surface area (TPSA) is 86.8 Å². The van der Waals surface area contributed by atoms with Gasteiger partial charge in [0.15, 0.2) is 0 Å². The number of carbonyl (C=O) groups excluding carboxylic acids is 2. The first-order valence-corrected chi connectivity index (χ1v) is 15.1. The van der Waals surface area contributed by atoms with Gasteiger partial charge in [-0.05, 0) is 55.4 Å². The number of amides is 2. The first kappa shape index (κ1) is 28.7. The van der Waals surface area contributed by atoms with Crippen molar-refractivity contribution in [2.75, 3.05) is 17.1 Å². The lowest BCUT2D eigenvalue weighted by atomic mass is 10.0. The molecule has 0 heterocycles. The number of anilines is 1. The first-order valence-electron chi connectivity index (χ1n) is 13.2. The normalized spacial score (nSPS) is 15.0. The molecule has 0 aromatic heterocycles. The van der Waals surface area contributed by atoms with Crippen molar-refractivity contribution in [3.63, 3.8) is 0 Å². The van der Waals surface area contributed by atoms with Crippen molar-refractivity contribution in [2.45, 2.75) is 84.3 Å². The van der Waals surface area contributed by atoms with Crippen LogP contribution >= 0.6 is 0 Å². The van der Waals surface area contributed by atoms with Crippen LogP contribution in [0.2, 0.25) is 0 Å². The number of carbonyl (C=O) groups is 2. The Balaban J connectivity index is 1.91. The van der Waals surface area contributed by atoms with Crippen molar-refractivity contribution in [3.8, 4) is 0 Å². The van der Waals surface area contributed by atoms with Gasteiger partial charge in [0.05, 0.1) is 11.9 Å². The number of nitrogens with one attached hydrogen (secondary N) is 1. The average Bonchev–Trinajstić information content (AvgIpc) is 3.34. The smallest absolute Gasteiger partial charge is 0.244 e. The lowest BCUT2D eigenvalue weighted by Crippen LogP contribution is -2.53. The van der Waals surface area contributed by atoms with Crippen molar-refractivity contribution in [3.05, 3.63) is 65.2 Å². The Morgan fingerprint density at radius 1 is 1.05 bits per heavy atom. The van der Waals surface area contributed by atoms with Gasteiger partial charge in [-0.2, -0.15) is 0 Å². The molecule has 2 aromatic rings. The summed E-state index contributed by atoms with van der Waals surface area (Å²) in [5.74, 6) is -0.285. The summed E-state index contributed by atoms with van der Waals surface area (Å²) >= 11 is 0. The van der Waals surface area contributed by atoms with Gasteiger partial charge in [-0.3, -0.25) is 13.9 Å². The molecule has 1 saturated carbocycles. The van der Waals surface area contributed by atoms with E-state index in [-0.39, 0.29) is 25.0 Å². The van der Waals surface area contributed by atoms with Gasteiger partial charge >= 0.3 is 0 Å². The minimum atomic E-state index is -3.75. The Morgan fingerprint density at radius 2 is 1.70 bits per heavy atom. The first-order chi connectivity index (χ1) is 17.5. The summed E-state index contributed by atoms with van der Waals surface area (Å²) < 4.78 is 26.7. The van der Waals surface area contributed by atoms with Crippen LogP contribution in [0.3, 0.4) is 0 Å². The van der Waals surface area contributed by atoms with Crippen LogP contribution in [0.15, 0.2) is 48.5 Å². The maximum atomic E-state index is 13.8. The number of benzene rings is 2. The molecular formula is C29H41N3O4S. The van der Waals surface area contributed by atoms with Crippen molar-refractivity contribution in [2.24, 2.45) is 0 Å². The molecule has 1 atom stereocenters. The predicted octanol–water partition coefficient (Wildman–Crippen LogP) is 4.75. The minimum Gasteiger partial charge on any atom is -0.352 e. The van der Waals surface area contributed by atoms with Gasteiger partial charge in [0.2, 0.25) is 21.8 Å². The second-order valence-electron chi connectivity index (χ2n) is 10.4. The standard InChI is InChI=1S/C29H41N3O4S/c1-6-27(29(34)30-25-12-7-8-13-25)31(19-23-11-9-10-22(4)18-23)28(33)20-32(37(5,35)36)26-16-14-24(15-17-26)21(2)3/h9-11,14-18,21,25,27H,6-8,12-13,19-20H2,1-5H3,(H,30,34)/t27-/m1/s1. The third-order valence-corrected chi connectivity index (χ3v) is 8.19. The fourth-order valence-electron chi connectivity index (χ4n) is 4.93. The van der Waals surface area contributed by atoms with E-state index in [1.54, 1.807) is 17.0 Å². The Morgan fingerprint density at radius 3 is 2.24 bits per heavy atom. The van der Waals surface area contributed by atoms with E-state index in [2.05, 4.69) is 19.2 Å². The van der Waals surface area contributed by atoms with Gasteiger partial charge in [0, 0.05) is 12.6 Å². The number of nitrogens with zero attached hydrogens (tertiary/aromatic N) is 2. The summed E-state index contributed by atoms with van der Waals surface area (Å²) in [7, 11) is -3.75. The number of aryl methyl sites for hydroxylation is 1. The molecule has 0 unspecified atom stereocenters. The second kappa shape index (κ2) is 12.6. The molecule has 2 aromatic carbocycles. The second-order valence-corrected chi connectivity index (χ2v) is 12.3. The van der Waals surface area contributed by atoms with Crippen molar-refractivity contribution in [1.29, 1.82) is 0 Å². The highest BCUT2D eigenvalue weighted by Gasteiger charge is 2.33. The molecule has 1 aliphatic carbocycles. The van der Waals surface area contributed by atoms with Crippen molar-refractivity contribution >= 4 is 27.5 Å². The number of sulfonamides is 1. The predicted molar refractivity (Wildman–Crippen MR) is 149 cm³/mol. The quantitative estimate of drug-likeness (QED) is 0.457. The van der Waals surface area contributed by atoms with Crippen LogP contribution in [0.4, 0.5) is 5.69 Å². The molecule has 37 heavy (non-hydrogen) atoms. The van der Waals surface area contributed by atoms with Crippen molar-refractivity contribution in [1.82, 2.24) is 10.2 Å². The van der Waals surface area contributed by atoms with Gasteiger partial charge in [-0.1, -0.05) is 75.6 Å². The fourth-order valence-corrected chi connectivity index (χ4v) is 5.78. The van der Waals surface area contributed by atoms with Crippen LogP contribution in [-0.2, 0) is 26.2 Å². The molecule has 0 spiro atoms. The maximum Gasteiger partial charge on any atom is 0.244 e. The van der Waals surface area contributed by atoms with Crippen LogP contribution in [-0.4, -0.2) is 50.0 Å². The highest BCUT2D eigenvalue weighted by Crippen LogP contribution is 2.24. The average molecular weight is 528 g/mol. The van der Waals surface area contributed by atoms with E-state index < -0.39 is 22.0 Å². The molecule has 1 N–H and O–H groups in total. The molecule has 0 bridgehead atoms. The van der Waals surface area contributed by atoms with E-state index in [1.807, 2.05) is 50.2 Å². The molecule has 0 aliphatic heterocycles. The Hall–Kier alpha value is -2.87. The van der Waals surface area contributed by atoms with E-state index >= 15 is 0 Å². The molecule has 1 fully saturated rings. The summed E-state index contributed by atoms with van der Waals surface area (Å²) in [4.78, 5) is 28.7. The molecule has 3 rings (SSSR count). The third kappa shape index (κ3) is 7.81. The van der Waals surface area contributed by atoms with Crippen LogP contribution in [0.1, 0.15) is 75.5 Å². The summed E-state index contributed by atoms with van der Waals surface area (Å²) in [5, 5.41) is 3.13. The number of hydrogen-bond donors (Lipinski definition) is 1. The van der Waals surface area contributed by atoms with Gasteiger partial charge in [-0.15, -0.1) is 0 Å². The summed E-state index contributed by atoms with van der Waals surface area (Å²) in [6.07, 6.45) is 5.60. The molecule has 8 heteroatoms. The molecule has 2 amide bonds. The minimum absolute atomic E-state index is 0.129. The summed E-state index contributed by atoms with van der Waals surface area (Å²) in [6, 6.07) is 14.5. The van der Waals surface area contributed by atoms with Gasteiger partial charge in [0.25, 0.3) is 0 Å². The fraction of sp³-hybridized carbons (Fsp3) is 0.517. The largest absolute Gasteiger partial charge is 0.352 e. The number of hydrogen-bond acceptors (Lipinski definition) is 4. The van der Waals surface area contributed by atoms with E-state index in [0.717, 1.165) is 52.9 Å². The van der Waals surface area contributed by atoms with Crippen LogP contribution in [0.5, 0.6) is 0 Å². The Bertz CT molecular complexity index is 1170. The molecule has 0 saturated heterocycles. The van der Waals surface area contributed by atoms with Gasteiger partial charge < -0.3 is 10.2 Å². The maximum absolute atomic E-state index is 13.8. The third-order valence-electron chi connectivity index (χ3n) is 7.05. The zero-order valence-electron chi connectivity index (χ0n) is 22.7. The van der Waals surface area contributed by atoms with E-state index in [0.29, 0.717) is 18.0 Å². The van der Waals surface area contributed by atoms with Crippen LogP contribution in [0, 0.1) is 6.92 Å². The molecule has 0 radical (unpaired) electrons. The summed E-state index contributed by atoms with van der Waals surface area (Å²) in [6.45, 7) is 7.84.